The van der Waals surface area contributed by atoms with Crippen molar-refractivity contribution in [3.63, 3.8) is 0 Å². The number of alkyl halides is 9. The third-order valence-electron chi connectivity index (χ3n) is 10.1. The molecule has 0 aromatic heterocycles. The number of hydrogen-bond acceptors (Lipinski definition) is 5. The van der Waals surface area contributed by atoms with E-state index in [0.717, 1.165) is 51.9 Å². The molecule has 0 rings (SSSR count). The molecule has 0 aliphatic rings. The number of nitrogens with one attached hydrogen (secondary N) is 2. The van der Waals surface area contributed by atoms with Crippen molar-refractivity contribution >= 4 is 17.8 Å². The summed E-state index contributed by atoms with van der Waals surface area (Å²) in [5, 5.41) is 13.2. The quantitative estimate of drug-likeness (QED) is 0.0346. The number of amides is 2. The minimum absolute atomic E-state index is 0.0706. The van der Waals surface area contributed by atoms with Crippen LogP contribution in [0.25, 0.3) is 0 Å². The Morgan fingerprint density at radius 2 is 0.724 bits per heavy atom. The molecule has 0 aliphatic heterocycles. The zero-order chi connectivity index (χ0) is 44.5. The summed E-state index contributed by atoms with van der Waals surface area (Å²) >= 11 is 0. The van der Waals surface area contributed by atoms with Crippen LogP contribution in [-0.4, -0.2) is 65.7 Å². The van der Waals surface area contributed by atoms with Gasteiger partial charge in [0.1, 0.15) is 6.10 Å². The second-order valence-electron chi connectivity index (χ2n) is 15.6. The third kappa shape index (κ3) is 34.6. The second-order valence-corrected chi connectivity index (χ2v) is 15.6. The average Bonchev–Trinajstić information content (AvgIpc) is 3.13. The molecule has 0 aromatic carbocycles. The maximum Gasteiger partial charge on any atom is 0.490 e. The molecule has 0 fully saturated rings. The molecule has 0 aromatic rings. The molecule has 0 aliphatic carbocycles. The van der Waals surface area contributed by atoms with Crippen molar-refractivity contribution in [2.24, 2.45) is 0 Å². The Balaban J connectivity index is 0. The summed E-state index contributed by atoms with van der Waals surface area (Å²) < 4.78 is 115. The first kappa shape index (κ1) is 57.8. The van der Waals surface area contributed by atoms with Gasteiger partial charge in [0, 0.05) is 0 Å². The largest absolute Gasteiger partial charge is 0.490 e. The summed E-state index contributed by atoms with van der Waals surface area (Å²) in [4.78, 5) is 33.0. The van der Waals surface area contributed by atoms with Gasteiger partial charge >= 0.3 is 36.3 Å². The van der Waals surface area contributed by atoms with E-state index in [0.29, 0.717) is 19.3 Å². The Morgan fingerprint density at radius 3 is 1.02 bits per heavy atom. The fraction of sp³-hybridized carbons (Fsp3) is 0.929. The molecular formula is C42H75F9N2O5. The van der Waals surface area contributed by atoms with Crippen molar-refractivity contribution in [3.8, 4) is 0 Å². The maximum absolute atomic E-state index is 12.5. The van der Waals surface area contributed by atoms with E-state index in [1.165, 1.54) is 116 Å². The van der Waals surface area contributed by atoms with Gasteiger partial charge in [-0.3, -0.25) is 9.59 Å². The molecule has 0 saturated carbocycles. The number of hydrogen-bond donors (Lipinski definition) is 3. The first-order valence-electron chi connectivity index (χ1n) is 21.9. The molecule has 2 amide bonds. The van der Waals surface area contributed by atoms with Crippen LogP contribution in [0.4, 0.5) is 39.5 Å². The van der Waals surface area contributed by atoms with Crippen molar-refractivity contribution in [2.45, 2.75) is 250 Å². The van der Waals surface area contributed by atoms with E-state index in [2.05, 4.69) is 18.6 Å². The zero-order valence-electron chi connectivity index (χ0n) is 35.6. The maximum atomic E-state index is 12.5. The van der Waals surface area contributed by atoms with Crippen molar-refractivity contribution < 1.29 is 63.7 Å². The highest BCUT2D eigenvalue weighted by molar-refractivity contribution is 5.82. The van der Waals surface area contributed by atoms with Gasteiger partial charge < -0.3 is 20.5 Å². The summed E-state index contributed by atoms with van der Waals surface area (Å²) in [5.41, 5.74) is 0. The van der Waals surface area contributed by atoms with Crippen LogP contribution in [0.2, 0.25) is 0 Å². The van der Waals surface area contributed by atoms with E-state index in [4.69, 9.17) is 0 Å². The number of aliphatic hydroxyl groups excluding tert-OH is 1. The van der Waals surface area contributed by atoms with Crippen molar-refractivity contribution in [3.05, 3.63) is 0 Å². The molecule has 0 saturated heterocycles. The summed E-state index contributed by atoms with van der Waals surface area (Å²) in [7, 11) is 0. The number of ether oxygens (including phenoxy) is 1. The summed E-state index contributed by atoms with van der Waals surface area (Å²) in [5.74, 6) is -6.76. The summed E-state index contributed by atoms with van der Waals surface area (Å²) in [6, 6.07) is -2.30. The molecule has 0 spiro atoms. The van der Waals surface area contributed by atoms with Crippen molar-refractivity contribution in [2.75, 3.05) is 0 Å². The molecule has 346 valence electrons. The van der Waals surface area contributed by atoms with Gasteiger partial charge in [-0.25, -0.2) is 4.79 Å². The fourth-order valence-corrected chi connectivity index (χ4v) is 6.37. The van der Waals surface area contributed by atoms with Crippen LogP contribution < -0.4 is 10.6 Å². The average molecular weight is 859 g/mol. The lowest BCUT2D eigenvalue weighted by Gasteiger charge is -2.26. The third-order valence-corrected chi connectivity index (χ3v) is 10.1. The standard InChI is InChI=1S/C22H37F6NO3.C20H38F3NO2/c1-3-4-5-6-7-8-9-10-11-12-13-14-15-16-18(32-20(31)22(26,27)28)17(2)29-19(30)21(23,24)25;1-3-4-5-6-7-8-9-10-11-12-13-14-15-16-18(25)17(2)24-19(26)20(21,22)23/h17-18H,3-16H2,1-2H3,(H,29,30);17-18,25H,3-16H2,1-2H3,(H,24,26)/t2*17-,18+/m00/s1. The Kier molecular flexibility index (Phi) is 34.4. The van der Waals surface area contributed by atoms with E-state index in [1.807, 2.05) is 0 Å². The lowest BCUT2D eigenvalue weighted by Crippen LogP contribution is -2.49. The lowest BCUT2D eigenvalue weighted by molar-refractivity contribution is -0.206. The van der Waals surface area contributed by atoms with E-state index in [1.54, 1.807) is 10.6 Å². The Labute approximate surface area is 342 Å². The smallest absolute Gasteiger partial charge is 0.454 e. The fourth-order valence-electron chi connectivity index (χ4n) is 6.37. The van der Waals surface area contributed by atoms with Crippen LogP contribution in [-0.2, 0) is 19.1 Å². The second kappa shape index (κ2) is 34.5. The van der Waals surface area contributed by atoms with Gasteiger partial charge in [-0.2, -0.15) is 39.5 Å². The van der Waals surface area contributed by atoms with E-state index < -0.39 is 60.6 Å². The number of carbonyl (C=O) groups is 3. The number of aliphatic hydroxyl groups is 1. The predicted octanol–water partition coefficient (Wildman–Crippen LogP) is 12.9. The monoisotopic (exact) mass is 859 g/mol. The Morgan fingerprint density at radius 1 is 0.448 bits per heavy atom. The molecule has 58 heavy (non-hydrogen) atoms. The van der Waals surface area contributed by atoms with Crippen LogP contribution in [0.15, 0.2) is 0 Å². The Hall–Kier alpha value is -2.26. The van der Waals surface area contributed by atoms with Crippen LogP contribution >= 0.6 is 0 Å². The van der Waals surface area contributed by atoms with Gasteiger partial charge in [-0.1, -0.05) is 174 Å². The molecular weight excluding hydrogens is 783 g/mol. The lowest BCUT2D eigenvalue weighted by atomic mass is 10.0. The molecule has 0 radical (unpaired) electrons. The van der Waals surface area contributed by atoms with E-state index in [9.17, 15) is 59.0 Å². The van der Waals surface area contributed by atoms with Crippen molar-refractivity contribution in [1.29, 1.82) is 0 Å². The van der Waals surface area contributed by atoms with Crippen LogP contribution in [0, 0.1) is 0 Å². The molecule has 4 atom stereocenters. The van der Waals surface area contributed by atoms with Gasteiger partial charge in [0.05, 0.1) is 18.2 Å². The van der Waals surface area contributed by atoms with Gasteiger partial charge in [0.25, 0.3) is 0 Å². The highest BCUT2D eigenvalue weighted by atomic mass is 19.4. The Bertz CT molecular complexity index is 1030. The van der Waals surface area contributed by atoms with Crippen LogP contribution in [0.5, 0.6) is 0 Å². The van der Waals surface area contributed by atoms with E-state index >= 15 is 0 Å². The first-order valence-corrected chi connectivity index (χ1v) is 21.9. The van der Waals surface area contributed by atoms with Gasteiger partial charge in [0.2, 0.25) is 0 Å². The summed E-state index contributed by atoms with van der Waals surface area (Å²) in [6.07, 6.45) is 12.1. The topological polar surface area (TPSA) is 105 Å². The number of carbonyl (C=O) groups excluding carboxylic acids is 3. The van der Waals surface area contributed by atoms with E-state index in [-0.39, 0.29) is 6.42 Å². The normalized spacial score (nSPS) is 14.2. The van der Waals surface area contributed by atoms with Gasteiger partial charge in [-0.15, -0.1) is 0 Å². The zero-order valence-corrected chi connectivity index (χ0v) is 35.6. The number of unbranched alkanes of at least 4 members (excludes halogenated alkanes) is 24. The van der Waals surface area contributed by atoms with Crippen molar-refractivity contribution in [1.82, 2.24) is 10.6 Å². The minimum atomic E-state index is -5.26. The van der Waals surface area contributed by atoms with Crippen LogP contribution in [0.3, 0.4) is 0 Å². The predicted molar refractivity (Wildman–Crippen MR) is 210 cm³/mol. The van der Waals surface area contributed by atoms with Gasteiger partial charge in [0.15, 0.2) is 0 Å². The van der Waals surface area contributed by atoms with Gasteiger partial charge in [-0.05, 0) is 33.1 Å². The SMILES string of the molecule is CCCCCCCCCCCCCCC[C@@H](O)[C@H](C)NC(=O)C(F)(F)F.CCCCCCCCCCCCCCC[C@@H](OC(=O)C(F)(F)F)[C@H](C)NC(=O)C(F)(F)F. The minimum Gasteiger partial charge on any atom is -0.454 e. The molecule has 16 heteroatoms. The number of halogens is 9. The number of rotatable bonds is 33. The molecule has 7 nitrogen and oxygen atoms in total. The molecule has 3 N–H and O–H groups in total. The molecule has 0 bridgehead atoms. The first-order chi connectivity index (χ1) is 27.2. The number of esters is 1. The highest BCUT2D eigenvalue weighted by Gasteiger charge is 2.44. The highest BCUT2D eigenvalue weighted by Crippen LogP contribution is 2.23. The summed E-state index contributed by atoms with van der Waals surface area (Å²) in [6.45, 7) is 6.89. The molecule has 0 unspecified atom stereocenters. The van der Waals surface area contributed by atoms with Crippen LogP contribution in [0.1, 0.15) is 207 Å². The molecule has 0 heterocycles.